The normalized spacial score (nSPS) is 9.99. The summed E-state index contributed by atoms with van der Waals surface area (Å²) in [6, 6.07) is 36.2. The van der Waals surface area contributed by atoms with E-state index in [-0.39, 0.29) is 22.6 Å². The Morgan fingerprint density at radius 1 is 0.425 bits per heavy atom. The van der Waals surface area contributed by atoms with Crippen molar-refractivity contribution in [2.75, 3.05) is 13.7 Å². The lowest BCUT2D eigenvalue weighted by atomic mass is 9.86. The summed E-state index contributed by atoms with van der Waals surface area (Å²) in [5, 5.41) is 9.53. The third kappa shape index (κ3) is 44.3. The first kappa shape index (κ1) is 99.6. The van der Waals surface area contributed by atoms with Gasteiger partial charge in [-0.2, -0.15) is 18.4 Å². The van der Waals surface area contributed by atoms with E-state index in [0.717, 1.165) is 94.1 Å². The second-order valence-corrected chi connectivity index (χ2v) is 25.9. The van der Waals surface area contributed by atoms with Crippen molar-refractivity contribution in [1.82, 2.24) is 74.8 Å². The number of aromatic nitrogens is 15. The molecule has 0 saturated carbocycles. The minimum absolute atomic E-state index is 0.0139. The topological polar surface area (TPSA) is 245 Å². The molecule has 0 saturated heterocycles. The van der Waals surface area contributed by atoms with Crippen molar-refractivity contribution in [2.24, 2.45) is 0 Å². The van der Waals surface area contributed by atoms with Crippen molar-refractivity contribution in [1.29, 1.82) is 5.26 Å². The number of aryl methyl sites for hydroxylation is 14. The zero-order chi connectivity index (χ0) is 85.0. The van der Waals surface area contributed by atoms with Crippen molar-refractivity contribution >= 4 is 23.2 Å². The number of alkyl halides is 6. The predicted octanol–water partition coefficient (Wildman–Crippen LogP) is 22.1. The molecule has 12 aromatic rings. The first-order chi connectivity index (χ1) is 53.4. The van der Waals surface area contributed by atoms with E-state index < -0.39 is 18.1 Å². The Morgan fingerprint density at radius 3 is 1.15 bits per heavy atom. The van der Waals surface area contributed by atoms with Crippen LogP contribution in [0.1, 0.15) is 163 Å². The van der Waals surface area contributed by atoms with Crippen LogP contribution in [-0.4, -0.2) is 94.8 Å². The van der Waals surface area contributed by atoms with E-state index in [4.69, 9.17) is 37.9 Å². The van der Waals surface area contributed by atoms with Crippen LogP contribution in [0, 0.1) is 101 Å². The van der Waals surface area contributed by atoms with Gasteiger partial charge in [0, 0.05) is 115 Å². The number of ether oxygens (including phenoxy) is 3. The van der Waals surface area contributed by atoms with Gasteiger partial charge < -0.3 is 14.2 Å². The van der Waals surface area contributed by atoms with Gasteiger partial charge in [0.05, 0.1) is 64.0 Å². The number of hydrogen-bond donors (Lipinski definition) is 0. The standard InChI is InChI=1S/C10H15N.C9H13NO.C9H13N.C8H11N.C7H6F3NO.C7H6F3N.C7H6N2.C7H9NO.C7H9N.2C5H5ClN2.C5H6N2/c1-8-9(10(2,3)4)6-5-7-11-8;1-3-7-11-9-5-4-6-10-8(9)2;1-7(2)9-5-4-6-10-8(9)3;1-3-8-5-4-6-9-7(8)2;1-5-6(3-2-4-11-5)12-7(8,9)10;1-5-6(7(8,9)10)3-2-4-11-5;1-6-7(5-8)3-2-4-9-6;1-6-7(9-2)4-3-5-8-6;1-6-4-3-5-8-7(6)2;1-4-5(6)2-7-3-8-4;1-4-5(6)8-3-2-7-4;1-5-6-3-2-4-7-5/h5-7H,1-4H3;4-6H,3,7H2,1-2H3;4-7H,1-3H3;4-6H,3H2,1-2H3;2-4H,1H3;2-4H,1H3;2-4H,1H3;3-5H,1-2H3;3-5H,1-2H3;2*2-3H,1H3;2-4H,1H3. The molecule has 0 spiro atoms. The van der Waals surface area contributed by atoms with E-state index in [2.05, 4.69) is 173 Å². The van der Waals surface area contributed by atoms with Crippen LogP contribution in [0.25, 0.3) is 0 Å². The first-order valence-electron chi connectivity index (χ1n) is 35.6. The number of methoxy groups -OCH3 is 1. The zero-order valence-electron chi connectivity index (χ0n) is 68.2. The summed E-state index contributed by atoms with van der Waals surface area (Å²) in [5.41, 5.74) is 14.6. The maximum absolute atomic E-state index is 12.0. The van der Waals surface area contributed by atoms with Gasteiger partial charge in [0.1, 0.15) is 34.9 Å². The molecule has 0 aliphatic rings. The van der Waals surface area contributed by atoms with Gasteiger partial charge in [-0.15, -0.1) is 13.2 Å². The lowest BCUT2D eigenvalue weighted by Gasteiger charge is -2.20. The molecule has 0 unspecified atom stereocenters. The highest BCUT2D eigenvalue weighted by Gasteiger charge is 2.33. The Labute approximate surface area is 672 Å². The molecule has 0 atom stereocenters. The summed E-state index contributed by atoms with van der Waals surface area (Å²) in [6.07, 6.45) is 18.1. The second-order valence-electron chi connectivity index (χ2n) is 25.2. The molecule has 0 bridgehead atoms. The number of halogens is 8. The Hall–Kier alpha value is -11.4. The van der Waals surface area contributed by atoms with Gasteiger partial charge in [0.15, 0.2) is 5.75 Å². The van der Waals surface area contributed by atoms with E-state index in [9.17, 15) is 26.3 Å². The SMILES string of the molecule is CCCOc1cccnc1C.CCc1cccnc1C.COc1cccnc1C.Cc1cccnc1C.Cc1ncccc1C#N.Cc1ncccc1C(C)(C)C.Cc1ncccc1C(C)C.Cc1ncccc1C(F)(F)F.Cc1ncccc1OC(F)(F)F.Cc1ncccn1.Cc1nccnc1Cl.Cc1ncncc1Cl. The number of pyridine rings is 9. The minimum Gasteiger partial charge on any atom is -0.495 e. The van der Waals surface area contributed by atoms with Crippen LogP contribution < -0.4 is 14.2 Å². The number of rotatable bonds is 7. The van der Waals surface area contributed by atoms with Crippen molar-refractivity contribution in [3.8, 4) is 23.3 Å². The fourth-order valence-electron chi connectivity index (χ4n) is 8.59. The molecule has 0 aliphatic heterocycles. The van der Waals surface area contributed by atoms with Gasteiger partial charge in [0.25, 0.3) is 0 Å². The molecule has 12 aromatic heterocycles. The van der Waals surface area contributed by atoms with Crippen LogP contribution in [0.2, 0.25) is 10.2 Å². The van der Waals surface area contributed by atoms with Crippen LogP contribution >= 0.6 is 23.2 Å². The van der Waals surface area contributed by atoms with E-state index >= 15 is 0 Å². The minimum atomic E-state index is -4.65. The van der Waals surface area contributed by atoms with E-state index in [1.54, 1.807) is 74.9 Å². The van der Waals surface area contributed by atoms with Gasteiger partial charge >= 0.3 is 12.5 Å². The summed E-state index contributed by atoms with van der Waals surface area (Å²) in [4.78, 5) is 58.8. The molecule has 113 heavy (non-hydrogen) atoms. The number of hydrogen-bond acceptors (Lipinski definition) is 19. The molecule has 0 aliphatic carbocycles. The summed E-state index contributed by atoms with van der Waals surface area (Å²) >= 11 is 11.1. The van der Waals surface area contributed by atoms with Gasteiger partial charge in [-0.1, -0.05) is 95.9 Å². The van der Waals surface area contributed by atoms with Crippen LogP contribution in [0.3, 0.4) is 0 Å². The predicted molar refractivity (Wildman–Crippen MR) is 437 cm³/mol. The Kier molecular flexibility index (Phi) is 48.6. The summed E-state index contributed by atoms with van der Waals surface area (Å²) in [6.45, 7) is 40.2. The summed E-state index contributed by atoms with van der Waals surface area (Å²) < 4.78 is 85.1. The third-order valence-electron chi connectivity index (χ3n) is 14.8. The van der Waals surface area contributed by atoms with Gasteiger partial charge in [0.2, 0.25) is 0 Å². The molecule has 19 nitrogen and oxygen atoms in total. The molecule has 0 fully saturated rings. The highest BCUT2D eigenvalue weighted by Crippen LogP contribution is 2.31. The highest BCUT2D eigenvalue weighted by molar-refractivity contribution is 6.31. The largest absolute Gasteiger partial charge is 0.573 e. The molecular formula is C86H104Cl2F6N16O3. The Balaban J connectivity index is 0.000000618. The number of nitrogens with zero attached hydrogens (tertiary/aromatic N) is 16. The van der Waals surface area contributed by atoms with Gasteiger partial charge in [-0.05, 0) is 227 Å². The average Bonchev–Trinajstić information content (AvgIpc) is 0.695. The van der Waals surface area contributed by atoms with Crippen molar-refractivity contribution in [3.05, 3.63) is 320 Å². The van der Waals surface area contributed by atoms with E-state index in [0.29, 0.717) is 21.7 Å². The lowest BCUT2D eigenvalue weighted by molar-refractivity contribution is -0.275. The molecule has 0 radical (unpaired) electrons. The fraction of sp³-hybridized carbons (Fsp3) is 0.326. The Bertz CT molecular complexity index is 4370. The fourth-order valence-corrected chi connectivity index (χ4v) is 8.80. The summed E-state index contributed by atoms with van der Waals surface area (Å²) in [5.74, 6) is 2.90. The lowest BCUT2D eigenvalue weighted by Crippen LogP contribution is -2.17. The summed E-state index contributed by atoms with van der Waals surface area (Å²) in [7, 11) is 1.64. The monoisotopic (exact) mass is 1590 g/mol. The van der Waals surface area contributed by atoms with Crippen LogP contribution in [0.15, 0.2) is 208 Å². The third-order valence-corrected chi connectivity index (χ3v) is 15.6. The average molecular weight is 1590 g/mol. The Morgan fingerprint density at radius 2 is 0.850 bits per heavy atom. The molecule has 12 heterocycles. The molecule has 0 N–H and O–H groups in total. The quantitative estimate of drug-likeness (QED) is 0.135. The first-order valence-corrected chi connectivity index (χ1v) is 36.4. The van der Waals surface area contributed by atoms with Crippen molar-refractivity contribution in [3.63, 3.8) is 0 Å². The maximum Gasteiger partial charge on any atom is 0.573 e. The maximum atomic E-state index is 12.0. The van der Waals surface area contributed by atoms with Crippen LogP contribution in [0.5, 0.6) is 17.2 Å². The smallest absolute Gasteiger partial charge is 0.495 e. The number of nitriles is 1. The van der Waals surface area contributed by atoms with E-state index in [1.165, 1.54) is 73.0 Å². The van der Waals surface area contributed by atoms with Gasteiger partial charge in [-0.3, -0.25) is 49.8 Å². The van der Waals surface area contributed by atoms with Crippen molar-refractivity contribution < 1.29 is 40.6 Å². The molecule has 27 heteroatoms. The van der Waals surface area contributed by atoms with E-state index in [1.807, 2.05) is 135 Å². The highest BCUT2D eigenvalue weighted by atomic mass is 35.5. The van der Waals surface area contributed by atoms with Crippen LogP contribution in [-0.2, 0) is 18.0 Å². The molecule has 0 amide bonds. The molecule has 602 valence electrons. The molecular weight excluding hydrogens is 1490 g/mol. The second kappa shape index (κ2) is 55.1. The van der Waals surface area contributed by atoms with Gasteiger partial charge in [-0.25, -0.2) is 24.9 Å². The molecule has 0 aromatic carbocycles. The zero-order valence-corrected chi connectivity index (χ0v) is 69.7. The van der Waals surface area contributed by atoms with Crippen molar-refractivity contribution in [2.45, 2.75) is 175 Å². The van der Waals surface area contributed by atoms with Crippen LogP contribution in [0.4, 0.5) is 26.3 Å². The molecule has 12 rings (SSSR count).